The Hall–Kier alpha value is -3.19. The number of amides is 1. The van der Waals surface area contributed by atoms with Crippen LogP contribution in [0.3, 0.4) is 0 Å². The standard InChI is InChI=1S/C23H26N4O3/c1-4-24-13-22(28)27(5-2)18-8-6-16(7-9-18)23-19-12-21-20(29-14-30-21)11-17(19)10-15(3)25-26-23/h6-9,11-12,24H,4-5,10,13-14H2,1-3H3. The van der Waals surface area contributed by atoms with Crippen LogP contribution in [0.5, 0.6) is 11.5 Å². The fraction of sp³-hybridized carbons (Fsp3) is 0.348. The van der Waals surface area contributed by atoms with Crippen LogP contribution in [0.25, 0.3) is 0 Å². The molecule has 0 saturated carbocycles. The van der Waals surface area contributed by atoms with Gasteiger partial charge in [0.2, 0.25) is 12.7 Å². The predicted molar refractivity (Wildman–Crippen MR) is 118 cm³/mol. The van der Waals surface area contributed by atoms with E-state index < -0.39 is 0 Å². The second-order valence-corrected chi connectivity index (χ2v) is 7.29. The largest absolute Gasteiger partial charge is 0.454 e. The number of nitrogens with one attached hydrogen (secondary N) is 1. The first-order valence-corrected chi connectivity index (χ1v) is 10.3. The number of rotatable bonds is 6. The molecule has 156 valence electrons. The zero-order valence-corrected chi connectivity index (χ0v) is 17.6. The lowest BCUT2D eigenvalue weighted by Gasteiger charge is -2.21. The normalized spacial score (nSPS) is 14.5. The lowest BCUT2D eigenvalue weighted by molar-refractivity contribution is -0.117. The molecule has 4 rings (SSSR count). The molecule has 2 aliphatic rings. The molecular weight excluding hydrogens is 380 g/mol. The molecule has 0 bridgehead atoms. The number of likely N-dealkylation sites (N-methyl/N-ethyl adjacent to an activating group) is 2. The molecule has 0 spiro atoms. The summed E-state index contributed by atoms with van der Waals surface area (Å²) in [5.74, 6) is 1.54. The molecule has 0 saturated heterocycles. The van der Waals surface area contributed by atoms with Crippen LogP contribution in [-0.2, 0) is 11.2 Å². The number of fused-ring (bicyclic) bond motifs is 2. The van der Waals surface area contributed by atoms with Crippen molar-refractivity contribution >= 4 is 23.0 Å². The molecule has 7 heteroatoms. The first-order chi connectivity index (χ1) is 14.6. The molecular formula is C23H26N4O3. The van der Waals surface area contributed by atoms with Crippen LogP contribution in [0.1, 0.15) is 37.5 Å². The highest BCUT2D eigenvalue weighted by molar-refractivity contribution is 6.15. The highest BCUT2D eigenvalue weighted by Gasteiger charge is 2.23. The van der Waals surface area contributed by atoms with Gasteiger partial charge in [-0.1, -0.05) is 19.1 Å². The van der Waals surface area contributed by atoms with Crippen molar-refractivity contribution < 1.29 is 14.3 Å². The smallest absolute Gasteiger partial charge is 0.240 e. The Labute approximate surface area is 176 Å². The fourth-order valence-electron chi connectivity index (χ4n) is 3.69. The Morgan fingerprint density at radius 2 is 1.83 bits per heavy atom. The van der Waals surface area contributed by atoms with Gasteiger partial charge in [-0.25, -0.2) is 0 Å². The van der Waals surface area contributed by atoms with Crippen molar-refractivity contribution in [3.8, 4) is 11.5 Å². The van der Waals surface area contributed by atoms with Gasteiger partial charge in [0.05, 0.1) is 6.54 Å². The van der Waals surface area contributed by atoms with Crippen LogP contribution in [0, 0.1) is 0 Å². The SMILES string of the molecule is CCNCC(=O)N(CC)c1ccc(C2=NN=C(C)Cc3cc4c(cc32)OCO4)cc1. The van der Waals surface area contributed by atoms with Gasteiger partial charge in [-0.05, 0) is 50.2 Å². The van der Waals surface area contributed by atoms with Crippen LogP contribution in [0.4, 0.5) is 5.69 Å². The Bertz CT molecular complexity index is 1010. The van der Waals surface area contributed by atoms with Gasteiger partial charge in [0, 0.05) is 35.5 Å². The van der Waals surface area contributed by atoms with Crippen molar-refractivity contribution in [2.24, 2.45) is 10.2 Å². The van der Waals surface area contributed by atoms with Crippen LogP contribution in [0.2, 0.25) is 0 Å². The Morgan fingerprint density at radius 1 is 1.10 bits per heavy atom. The highest BCUT2D eigenvalue weighted by Crippen LogP contribution is 2.36. The maximum atomic E-state index is 12.5. The number of hydrogen-bond donors (Lipinski definition) is 1. The molecule has 1 amide bonds. The molecule has 7 nitrogen and oxygen atoms in total. The number of carbonyl (C=O) groups excluding carboxylic acids is 1. The number of nitrogens with zero attached hydrogens (tertiary/aromatic N) is 3. The van der Waals surface area contributed by atoms with Gasteiger partial charge in [-0.3, -0.25) is 4.79 Å². The quantitative estimate of drug-likeness (QED) is 0.800. The second kappa shape index (κ2) is 8.67. The summed E-state index contributed by atoms with van der Waals surface area (Å²) in [5.41, 5.74) is 5.62. The lowest BCUT2D eigenvalue weighted by Crippen LogP contribution is -2.38. The van der Waals surface area contributed by atoms with Gasteiger partial charge >= 0.3 is 0 Å². The van der Waals surface area contributed by atoms with Gasteiger partial charge < -0.3 is 19.7 Å². The number of ether oxygens (including phenoxy) is 2. The summed E-state index contributed by atoms with van der Waals surface area (Å²) in [6.45, 7) is 7.87. The van der Waals surface area contributed by atoms with Crippen LogP contribution >= 0.6 is 0 Å². The number of anilines is 1. The molecule has 2 aromatic rings. The maximum Gasteiger partial charge on any atom is 0.240 e. The van der Waals surface area contributed by atoms with E-state index >= 15 is 0 Å². The third-order valence-corrected chi connectivity index (χ3v) is 5.22. The van der Waals surface area contributed by atoms with Crippen molar-refractivity contribution in [2.75, 3.05) is 31.3 Å². The predicted octanol–water partition coefficient (Wildman–Crippen LogP) is 3.15. The first-order valence-electron chi connectivity index (χ1n) is 10.3. The average molecular weight is 406 g/mol. The van der Waals surface area contributed by atoms with Crippen LogP contribution < -0.4 is 19.7 Å². The zero-order valence-electron chi connectivity index (χ0n) is 17.6. The number of hydrogen-bond acceptors (Lipinski definition) is 6. The van der Waals surface area contributed by atoms with Gasteiger partial charge in [0.25, 0.3) is 0 Å². The Morgan fingerprint density at radius 3 is 2.53 bits per heavy atom. The van der Waals surface area contributed by atoms with Crippen LogP contribution in [-0.4, -0.2) is 43.8 Å². The van der Waals surface area contributed by atoms with E-state index in [0.29, 0.717) is 19.5 Å². The van der Waals surface area contributed by atoms with Gasteiger partial charge in [0.1, 0.15) is 5.71 Å². The molecule has 0 unspecified atom stereocenters. The van der Waals surface area contributed by atoms with E-state index in [9.17, 15) is 4.79 Å². The van der Waals surface area contributed by atoms with Crippen molar-refractivity contribution in [3.63, 3.8) is 0 Å². The highest BCUT2D eigenvalue weighted by atomic mass is 16.7. The molecule has 0 fully saturated rings. The zero-order chi connectivity index (χ0) is 21.1. The van der Waals surface area contributed by atoms with Crippen LogP contribution in [0.15, 0.2) is 46.6 Å². The third-order valence-electron chi connectivity index (χ3n) is 5.22. The minimum Gasteiger partial charge on any atom is -0.454 e. The second-order valence-electron chi connectivity index (χ2n) is 7.29. The molecule has 0 atom stereocenters. The van der Waals surface area contributed by atoms with E-state index in [2.05, 4.69) is 15.5 Å². The van der Waals surface area contributed by atoms with Gasteiger partial charge in [-0.15, -0.1) is 5.10 Å². The Kier molecular flexibility index (Phi) is 5.81. The summed E-state index contributed by atoms with van der Waals surface area (Å²) < 4.78 is 11.1. The molecule has 30 heavy (non-hydrogen) atoms. The van der Waals surface area contributed by atoms with Crippen molar-refractivity contribution in [1.82, 2.24) is 5.32 Å². The molecule has 2 aromatic carbocycles. The van der Waals surface area contributed by atoms with E-state index in [4.69, 9.17) is 9.47 Å². The van der Waals surface area contributed by atoms with E-state index in [1.54, 1.807) is 4.90 Å². The van der Waals surface area contributed by atoms with Crippen molar-refractivity contribution in [3.05, 3.63) is 53.1 Å². The maximum absolute atomic E-state index is 12.5. The number of benzene rings is 2. The summed E-state index contributed by atoms with van der Waals surface area (Å²) in [4.78, 5) is 14.2. The van der Waals surface area contributed by atoms with E-state index in [1.165, 1.54) is 0 Å². The first kappa shape index (κ1) is 20.1. The van der Waals surface area contributed by atoms with E-state index in [0.717, 1.165) is 51.8 Å². The minimum atomic E-state index is 0.0530. The summed E-state index contributed by atoms with van der Waals surface area (Å²) in [7, 11) is 0. The van der Waals surface area contributed by atoms with Crippen molar-refractivity contribution in [2.45, 2.75) is 27.2 Å². The monoisotopic (exact) mass is 406 g/mol. The van der Waals surface area contributed by atoms with Gasteiger partial charge in [0.15, 0.2) is 11.5 Å². The molecule has 0 radical (unpaired) electrons. The molecule has 0 aromatic heterocycles. The molecule has 0 aliphatic carbocycles. The topological polar surface area (TPSA) is 75.5 Å². The third kappa shape index (κ3) is 3.93. The fourth-order valence-corrected chi connectivity index (χ4v) is 3.69. The van der Waals surface area contributed by atoms with E-state index in [-0.39, 0.29) is 12.7 Å². The van der Waals surface area contributed by atoms with Crippen molar-refractivity contribution in [1.29, 1.82) is 0 Å². The molecule has 2 aliphatic heterocycles. The Balaban J connectivity index is 1.67. The van der Waals surface area contributed by atoms with E-state index in [1.807, 2.05) is 57.2 Å². The van der Waals surface area contributed by atoms with Gasteiger partial charge in [-0.2, -0.15) is 5.10 Å². The summed E-state index contributed by atoms with van der Waals surface area (Å²) >= 11 is 0. The lowest BCUT2D eigenvalue weighted by atomic mass is 9.94. The molecule has 1 N–H and O–H groups in total. The molecule has 2 heterocycles. The summed E-state index contributed by atoms with van der Waals surface area (Å²) in [5, 5.41) is 12.0. The number of carbonyl (C=O) groups is 1. The minimum absolute atomic E-state index is 0.0530. The summed E-state index contributed by atoms with van der Waals surface area (Å²) in [6, 6.07) is 11.9. The average Bonchev–Trinajstić information content (AvgIpc) is 3.14. The summed E-state index contributed by atoms with van der Waals surface area (Å²) in [6.07, 6.45) is 0.708.